The summed E-state index contributed by atoms with van der Waals surface area (Å²) < 4.78 is 54.8. The van der Waals surface area contributed by atoms with Gasteiger partial charge in [-0.05, 0) is 42.5 Å². The van der Waals surface area contributed by atoms with Crippen molar-refractivity contribution in [2.45, 2.75) is 24.5 Å². The summed E-state index contributed by atoms with van der Waals surface area (Å²) >= 11 is 0. The minimum absolute atomic E-state index is 0.000655. The Morgan fingerprint density at radius 1 is 0.939 bits per heavy atom. The molecule has 0 fully saturated rings. The molecule has 172 valence electrons. The van der Waals surface area contributed by atoms with Gasteiger partial charge in [0.1, 0.15) is 17.2 Å². The highest BCUT2D eigenvalue weighted by Gasteiger charge is 2.18. The predicted molar refractivity (Wildman–Crippen MR) is 127 cm³/mol. The second-order valence-electron chi connectivity index (χ2n) is 7.43. The maximum Gasteiger partial charge on any atom is 0.178 e. The van der Waals surface area contributed by atoms with E-state index >= 15 is 0 Å². The van der Waals surface area contributed by atoms with Crippen molar-refractivity contribution >= 4 is 30.7 Å². The SMILES string of the molecule is CCS(=O)(=O)Cc1cc2[nH]c(-c3ccccn3)nc2cc1Oc1ccc(S(=O)(=O)CC)cc1. The highest BCUT2D eigenvalue weighted by atomic mass is 32.2. The molecule has 1 N–H and O–H groups in total. The Bertz CT molecular complexity index is 1500. The summed E-state index contributed by atoms with van der Waals surface area (Å²) in [7, 11) is -6.67. The van der Waals surface area contributed by atoms with E-state index in [1.54, 1.807) is 44.3 Å². The fourth-order valence-electron chi connectivity index (χ4n) is 3.26. The van der Waals surface area contributed by atoms with E-state index in [9.17, 15) is 16.8 Å². The molecule has 4 rings (SSSR count). The maximum absolute atomic E-state index is 12.4. The molecule has 0 bridgehead atoms. The molecule has 4 aromatic rings. The number of benzene rings is 2. The molecule has 33 heavy (non-hydrogen) atoms. The van der Waals surface area contributed by atoms with E-state index in [0.29, 0.717) is 39.6 Å². The van der Waals surface area contributed by atoms with E-state index in [0.717, 1.165) is 0 Å². The first-order chi connectivity index (χ1) is 15.7. The lowest BCUT2D eigenvalue weighted by Crippen LogP contribution is -2.07. The van der Waals surface area contributed by atoms with E-state index in [-0.39, 0.29) is 22.2 Å². The average Bonchev–Trinajstić information content (AvgIpc) is 3.23. The lowest BCUT2D eigenvalue weighted by Gasteiger charge is -2.12. The summed E-state index contributed by atoms with van der Waals surface area (Å²) in [6.07, 6.45) is 1.67. The lowest BCUT2D eigenvalue weighted by molar-refractivity contribution is 0.478. The molecule has 0 spiro atoms. The van der Waals surface area contributed by atoms with E-state index in [4.69, 9.17) is 4.74 Å². The molecule has 2 aromatic heterocycles. The zero-order valence-electron chi connectivity index (χ0n) is 18.1. The average molecular weight is 486 g/mol. The molecule has 0 radical (unpaired) electrons. The van der Waals surface area contributed by atoms with Crippen molar-refractivity contribution in [1.29, 1.82) is 0 Å². The second-order valence-corrected chi connectivity index (χ2v) is 12.1. The van der Waals surface area contributed by atoms with E-state index in [2.05, 4.69) is 15.0 Å². The molecule has 2 heterocycles. The van der Waals surface area contributed by atoms with Gasteiger partial charge in [-0.1, -0.05) is 19.9 Å². The first-order valence-corrected chi connectivity index (χ1v) is 13.8. The Balaban J connectivity index is 1.76. The number of fused-ring (bicyclic) bond motifs is 1. The molecule has 2 aromatic carbocycles. The van der Waals surface area contributed by atoms with Crippen molar-refractivity contribution in [3.63, 3.8) is 0 Å². The first kappa shape index (κ1) is 22.9. The molecule has 10 heteroatoms. The van der Waals surface area contributed by atoms with E-state index in [1.165, 1.54) is 12.1 Å². The smallest absolute Gasteiger partial charge is 0.178 e. The predicted octanol–water partition coefficient (Wildman–Crippen LogP) is 4.15. The van der Waals surface area contributed by atoms with Crippen LogP contribution in [-0.2, 0) is 25.4 Å². The molecular formula is C23H23N3O5S2. The summed E-state index contributed by atoms with van der Waals surface area (Å²) in [6, 6.07) is 14.9. The van der Waals surface area contributed by atoms with Crippen molar-refractivity contribution in [1.82, 2.24) is 15.0 Å². The maximum atomic E-state index is 12.4. The summed E-state index contributed by atoms with van der Waals surface area (Å²) in [6.45, 7) is 3.18. The minimum Gasteiger partial charge on any atom is -0.457 e. The van der Waals surface area contributed by atoms with Crippen LogP contribution in [0.3, 0.4) is 0 Å². The quantitative estimate of drug-likeness (QED) is 0.398. The van der Waals surface area contributed by atoms with Gasteiger partial charge in [0.25, 0.3) is 0 Å². The van der Waals surface area contributed by atoms with Crippen LogP contribution in [0.15, 0.2) is 65.7 Å². The van der Waals surface area contributed by atoms with Gasteiger partial charge in [-0.15, -0.1) is 0 Å². The number of nitrogens with one attached hydrogen (secondary N) is 1. The van der Waals surface area contributed by atoms with Gasteiger partial charge in [-0.3, -0.25) is 4.98 Å². The van der Waals surface area contributed by atoms with Gasteiger partial charge in [0.15, 0.2) is 25.5 Å². The number of ether oxygens (including phenoxy) is 1. The van der Waals surface area contributed by atoms with Crippen molar-refractivity contribution in [3.05, 3.63) is 66.4 Å². The molecule has 0 aliphatic rings. The molecule has 0 aliphatic heterocycles. The van der Waals surface area contributed by atoms with Crippen molar-refractivity contribution < 1.29 is 21.6 Å². The van der Waals surface area contributed by atoms with Gasteiger partial charge in [0, 0.05) is 23.6 Å². The van der Waals surface area contributed by atoms with Gasteiger partial charge < -0.3 is 9.72 Å². The van der Waals surface area contributed by atoms with Crippen LogP contribution in [0.1, 0.15) is 19.4 Å². The molecular weight excluding hydrogens is 462 g/mol. The number of sulfone groups is 2. The number of hydrogen-bond donors (Lipinski definition) is 1. The number of hydrogen-bond acceptors (Lipinski definition) is 7. The number of imidazole rings is 1. The van der Waals surface area contributed by atoms with E-state index < -0.39 is 19.7 Å². The minimum atomic E-state index is -3.34. The Morgan fingerprint density at radius 3 is 2.33 bits per heavy atom. The highest BCUT2D eigenvalue weighted by Crippen LogP contribution is 2.32. The number of H-pyrrole nitrogens is 1. The van der Waals surface area contributed by atoms with Gasteiger partial charge in [-0.25, -0.2) is 21.8 Å². The normalized spacial score (nSPS) is 12.2. The van der Waals surface area contributed by atoms with Crippen LogP contribution in [0.5, 0.6) is 11.5 Å². The van der Waals surface area contributed by atoms with Crippen molar-refractivity contribution in [3.8, 4) is 23.0 Å². The van der Waals surface area contributed by atoms with Crippen molar-refractivity contribution in [2.24, 2.45) is 0 Å². The summed E-state index contributed by atoms with van der Waals surface area (Å²) in [5.74, 6) is 1.08. The van der Waals surface area contributed by atoms with Crippen molar-refractivity contribution in [2.75, 3.05) is 11.5 Å². The number of aromatic nitrogens is 3. The van der Waals surface area contributed by atoms with Crippen LogP contribution in [0, 0.1) is 0 Å². The standard InChI is InChI=1S/C23H23N3O5S2/c1-3-32(27,28)15-16-13-20-21(26-23(25-20)19-7-5-6-12-24-19)14-22(16)31-17-8-10-18(11-9-17)33(29,30)4-2/h5-14H,3-4,15H2,1-2H3,(H,25,26). The van der Waals surface area contributed by atoms with Gasteiger partial charge in [-0.2, -0.15) is 0 Å². The number of nitrogens with zero attached hydrogens (tertiary/aromatic N) is 2. The molecule has 0 aliphatic carbocycles. The summed E-state index contributed by atoms with van der Waals surface area (Å²) in [5, 5.41) is 0. The Morgan fingerprint density at radius 2 is 1.70 bits per heavy atom. The number of aromatic amines is 1. The molecule has 0 amide bonds. The Hall–Kier alpha value is -3.24. The van der Waals surface area contributed by atoms with Crippen LogP contribution in [-0.4, -0.2) is 43.3 Å². The Kier molecular flexibility index (Phi) is 6.22. The zero-order chi connectivity index (χ0) is 23.6. The van der Waals surface area contributed by atoms with E-state index in [1.807, 2.05) is 18.2 Å². The Labute approximate surface area is 192 Å². The van der Waals surface area contributed by atoms with Crippen LogP contribution >= 0.6 is 0 Å². The molecule has 0 saturated heterocycles. The zero-order valence-corrected chi connectivity index (χ0v) is 19.8. The van der Waals surface area contributed by atoms with Crippen LogP contribution in [0.4, 0.5) is 0 Å². The van der Waals surface area contributed by atoms with Crippen LogP contribution in [0.25, 0.3) is 22.6 Å². The monoisotopic (exact) mass is 485 g/mol. The number of pyridine rings is 1. The van der Waals surface area contributed by atoms with Gasteiger partial charge >= 0.3 is 0 Å². The van der Waals surface area contributed by atoms with Crippen LogP contribution in [0.2, 0.25) is 0 Å². The molecule has 8 nitrogen and oxygen atoms in total. The number of rotatable bonds is 8. The first-order valence-electron chi connectivity index (χ1n) is 10.4. The largest absolute Gasteiger partial charge is 0.457 e. The second kappa shape index (κ2) is 8.95. The molecule has 0 saturated carbocycles. The molecule has 0 unspecified atom stereocenters. The topological polar surface area (TPSA) is 119 Å². The van der Waals surface area contributed by atoms with Crippen LogP contribution < -0.4 is 4.74 Å². The third kappa shape index (κ3) is 5.07. The fourth-order valence-corrected chi connectivity index (χ4v) is 5.05. The van der Waals surface area contributed by atoms with Gasteiger partial charge in [0.05, 0.1) is 27.4 Å². The van der Waals surface area contributed by atoms with Gasteiger partial charge in [0.2, 0.25) is 0 Å². The summed E-state index contributed by atoms with van der Waals surface area (Å²) in [4.78, 5) is 12.3. The lowest BCUT2D eigenvalue weighted by atomic mass is 10.2. The molecule has 0 atom stereocenters. The fraction of sp³-hybridized carbons (Fsp3) is 0.217. The third-order valence-electron chi connectivity index (χ3n) is 5.18. The highest BCUT2D eigenvalue weighted by molar-refractivity contribution is 7.91. The summed E-state index contributed by atoms with van der Waals surface area (Å²) in [5.41, 5.74) is 2.39. The third-order valence-corrected chi connectivity index (χ3v) is 8.56.